The van der Waals surface area contributed by atoms with Gasteiger partial charge in [0.2, 0.25) is 0 Å². The van der Waals surface area contributed by atoms with E-state index in [1.54, 1.807) is 0 Å². The molecule has 0 saturated heterocycles. The smallest absolute Gasteiger partial charge is 0.125 e. The SMILES string of the molecule is CCOc1ccnc2c1CCCCCC2. The van der Waals surface area contributed by atoms with Crippen molar-refractivity contribution >= 4 is 0 Å². The Morgan fingerprint density at radius 2 is 2.00 bits per heavy atom. The van der Waals surface area contributed by atoms with Crippen molar-refractivity contribution in [2.24, 2.45) is 0 Å². The summed E-state index contributed by atoms with van der Waals surface area (Å²) in [4.78, 5) is 4.48. The molecule has 0 amide bonds. The summed E-state index contributed by atoms with van der Waals surface area (Å²) in [5.74, 6) is 1.06. The van der Waals surface area contributed by atoms with Crippen LogP contribution < -0.4 is 4.74 Å². The van der Waals surface area contributed by atoms with Gasteiger partial charge in [0.25, 0.3) is 0 Å². The molecule has 0 bridgehead atoms. The number of aromatic nitrogens is 1. The number of aryl methyl sites for hydroxylation is 1. The highest BCUT2D eigenvalue weighted by atomic mass is 16.5. The lowest BCUT2D eigenvalue weighted by Crippen LogP contribution is -2.05. The van der Waals surface area contributed by atoms with Gasteiger partial charge in [0.05, 0.1) is 6.61 Å². The summed E-state index contributed by atoms with van der Waals surface area (Å²) in [6.07, 6.45) is 9.38. The van der Waals surface area contributed by atoms with Crippen LogP contribution in [0.15, 0.2) is 12.3 Å². The van der Waals surface area contributed by atoms with E-state index in [4.69, 9.17) is 4.74 Å². The van der Waals surface area contributed by atoms with E-state index < -0.39 is 0 Å². The van der Waals surface area contributed by atoms with Crippen LogP contribution in [-0.4, -0.2) is 11.6 Å². The highest BCUT2D eigenvalue weighted by Gasteiger charge is 2.12. The van der Waals surface area contributed by atoms with E-state index in [0.717, 1.165) is 25.2 Å². The van der Waals surface area contributed by atoms with Gasteiger partial charge in [0, 0.05) is 17.5 Å². The summed E-state index contributed by atoms with van der Waals surface area (Å²) in [5.41, 5.74) is 2.62. The number of fused-ring (bicyclic) bond motifs is 1. The lowest BCUT2D eigenvalue weighted by molar-refractivity contribution is 0.334. The standard InChI is InChI=1S/C13H19NO/c1-2-15-13-9-10-14-12-8-6-4-3-5-7-11(12)13/h9-10H,2-8H2,1H3. The van der Waals surface area contributed by atoms with Gasteiger partial charge in [-0.15, -0.1) is 0 Å². The maximum absolute atomic E-state index is 5.66. The molecular formula is C13H19NO. The van der Waals surface area contributed by atoms with Gasteiger partial charge >= 0.3 is 0 Å². The van der Waals surface area contributed by atoms with Crippen molar-refractivity contribution < 1.29 is 4.74 Å². The molecule has 1 heterocycles. The minimum atomic E-state index is 0.746. The van der Waals surface area contributed by atoms with E-state index in [2.05, 4.69) is 4.98 Å². The summed E-state index contributed by atoms with van der Waals surface area (Å²) in [5, 5.41) is 0. The Kier molecular flexibility index (Phi) is 3.59. The van der Waals surface area contributed by atoms with Gasteiger partial charge < -0.3 is 4.74 Å². The molecule has 0 aliphatic heterocycles. The molecule has 0 saturated carbocycles. The molecule has 15 heavy (non-hydrogen) atoms. The maximum atomic E-state index is 5.66. The molecule has 1 aliphatic rings. The van der Waals surface area contributed by atoms with Crippen LogP contribution in [0.3, 0.4) is 0 Å². The molecule has 1 aromatic rings. The van der Waals surface area contributed by atoms with E-state index >= 15 is 0 Å². The van der Waals surface area contributed by atoms with E-state index in [-0.39, 0.29) is 0 Å². The molecule has 0 unspecified atom stereocenters. The zero-order valence-corrected chi connectivity index (χ0v) is 9.46. The minimum Gasteiger partial charge on any atom is -0.493 e. The molecule has 0 fully saturated rings. The van der Waals surface area contributed by atoms with Crippen LogP contribution in [0.5, 0.6) is 5.75 Å². The highest BCUT2D eigenvalue weighted by molar-refractivity contribution is 5.36. The Morgan fingerprint density at radius 1 is 1.20 bits per heavy atom. The number of rotatable bonds is 2. The van der Waals surface area contributed by atoms with Crippen LogP contribution in [0.1, 0.15) is 43.9 Å². The lowest BCUT2D eigenvalue weighted by Gasteiger charge is -2.16. The molecule has 2 rings (SSSR count). The van der Waals surface area contributed by atoms with Gasteiger partial charge in [-0.3, -0.25) is 4.98 Å². The zero-order chi connectivity index (χ0) is 10.5. The Morgan fingerprint density at radius 3 is 2.80 bits per heavy atom. The first-order valence-electron chi connectivity index (χ1n) is 6.01. The van der Waals surface area contributed by atoms with Gasteiger partial charge in [0.1, 0.15) is 5.75 Å². The number of hydrogen-bond donors (Lipinski definition) is 0. The van der Waals surface area contributed by atoms with Crippen LogP contribution in [0.25, 0.3) is 0 Å². The van der Waals surface area contributed by atoms with Crippen LogP contribution in [0, 0.1) is 0 Å². The van der Waals surface area contributed by atoms with Gasteiger partial charge in [-0.25, -0.2) is 0 Å². The monoisotopic (exact) mass is 205 g/mol. The summed E-state index contributed by atoms with van der Waals surface area (Å²) < 4.78 is 5.66. The Balaban J connectivity index is 2.28. The van der Waals surface area contributed by atoms with Gasteiger partial charge in [0.15, 0.2) is 0 Å². The molecule has 0 atom stereocenters. The van der Waals surface area contributed by atoms with Crippen LogP contribution in [0.4, 0.5) is 0 Å². The van der Waals surface area contributed by atoms with E-state index in [0.29, 0.717) is 0 Å². The van der Waals surface area contributed by atoms with Crippen LogP contribution in [-0.2, 0) is 12.8 Å². The van der Waals surface area contributed by atoms with Crippen molar-refractivity contribution in [2.75, 3.05) is 6.61 Å². The lowest BCUT2D eigenvalue weighted by atomic mass is 9.96. The van der Waals surface area contributed by atoms with Crippen molar-refractivity contribution in [3.63, 3.8) is 0 Å². The second-order valence-corrected chi connectivity index (χ2v) is 4.08. The third kappa shape index (κ3) is 2.49. The highest BCUT2D eigenvalue weighted by Crippen LogP contribution is 2.26. The van der Waals surface area contributed by atoms with Gasteiger partial charge in [-0.1, -0.05) is 12.8 Å². The Bertz CT molecular complexity index is 308. The average Bonchev–Trinajstić information content (AvgIpc) is 2.20. The second-order valence-electron chi connectivity index (χ2n) is 4.08. The largest absolute Gasteiger partial charge is 0.493 e. The minimum absolute atomic E-state index is 0.746. The first-order valence-corrected chi connectivity index (χ1v) is 6.01. The van der Waals surface area contributed by atoms with Gasteiger partial charge in [-0.05, 0) is 38.7 Å². The summed E-state index contributed by atoms with van der Waals surface area (Å²) in [7, 11) is 0. The predicted molar refractivity (Wildman–Crippen MR) is 61.3 cm³/mol. The fourth-order valence-corrected chi connectivity index (χ4v) is 2.24. The van der Waals surface area contributed by atoms with Crippen LogP contribution in [0.2, 0.25) is 0 Å². The quantitative estimate of drug-likeness (QED) is 0.740. The summed E-state index contributed by atoms with van der Waals surface area (Å²) in [6, 6.07) is 2.00. The molecule has 0 N–H and O–H groups in total. The fraction of sp³-hybridized carbons (Fsp3) is 0.615. The zero-order valence-electron chi connectivity index (χ0n) is 9.46. The number of nitrogens with zero attached hydrogens (tertiary/aromatic N) is 1. The number of ether oxygens (including phenoxy) is 1. The molecule has 0 spiro atoms. The maximum Gasteiger partial charge on any atom is 0.125 e. The average molecular weight is 205 g/mol. The second kappa shape index (κ2) is 5.15. The first-order chi connectivity index (χ1) is 7.42. The molecule has 2 heteroatoms. The molecular weight excluding hydrogens is 186 g/mol. The van der Waals surface area contributed by atoms with Crippen LogP contribution >= 0.6 is 0 Å². The van der Waals surface area contributed by atoms with Crippen molar-refractivity contribution in [2.45, 2.75) is 45.4 Å². The third-order valence-electron chi connectivity index (χ3n) is 2.99. The fourth-order valence-electron chi connectivity index (χ4n) is 2.24. The topological polar surface area (TPSA) is 22.1 Å². The van der Waals surface area contributed by atoms with Crippen molar-refractivity contribution in [3.8, 4) is 5.75 Å². The number of hydrogen-bond acceptors (Lipinski definition) is 2. The van der Waals surface area contributed by atoms with Gasteiger partial charge in [-0.2, -0.15) is 0 Å². The van der Waals surface area contributed by atoms with E-state index in [1.807, 2.05) is 19.2 Å². The molecule has 1 aliphatic carbocycles. The molecule has 0 radical (unpaired) electrons. The normalized spacial score (nSPS) is 16.3. The number of pyridine rings is 1. The Labute approximate surface area is 91.7 Å². The third-order valence-corrected chi connectivity index (χ3v) is 2.99. The molecule has 82 valence electrons. The van der Waals surface area contributed by atoms with Crippen molar-refractivity contribution in [1.29, 1.82) is 0 Å². The predicted octanol–water partition coefficient (Wildman–Crippen LogP) is 3.14. The molecule has 0 aromatic carbocycles. The summed E-state index contributed by atoms with van der Waals surface area (Å²) >= 11 is 0. The first kappa shape index (κ1) is 10.5. The van der Waals surface area contributed by atoms with E-state index in [1.165, 1.54) is 36.9 Å². The molecule has 2 nitrogen and oxygen atoms in total. The van der Waals surface area contributed by atoms with Crippen molar-refractivity contribution in [1.82, 2.24) is 4.98 Å². The van der Waals surface area contributed by atoms with Crippen molar-refractivity contribution in [3.05, 3.63) is 23.5 Å². The van der Waals surface area contributed by atoms with E-state index in [9.17, 15) is 0 Å². The Hall–Kier alpha value is -1.05. The molecule has 1 aromatic heterocycles. The summed E-state index contributed by atoms with van der Waals surface area (Å²) in [6.45, 7) is 2.78.